The smallest absolute Gasteiger partial charge is 0.0851 e. The zero-order valence-electron chi connectivity index (χ0n) is 8.05. The van der Waals surface area contributed by atoms with Gasteiger partial charge in [-0.3, -0.25) is 0 Å². The molecule has 2 nitrogen and oxygen atoms in total. The molecule has 72 valence electrons. The van der Waals surface area contributed by atoms with Gasteiger partial charge in [0, 0.05) is 12.3 Å². The molecule has 13 heavy (non-hydrogen) atoms. The fourth-order valence-electron chi connectivity index (χ4n) is 2.20. The van der Waals surface area contributed by atoms with Gasteiger partial charge < -0.3 is 9.84 Å². The first kappa shape index (κ1) is 8.97. The van der Waals surface area contributed by atoms with Crippen LogP contribution in [0.5, 0.6) is 0 Å². The summed E-state index contributed by atoms with van der Waals surface area (Å²) in [5.74, 6) is 0.396. The lowest BCUT2D eigenvalue weighted by atomic mass is 9.74. The Kier molecular flexibility index (Phi) is 1.86. The maximum atomic E-state index is 9.97. The lowest BCUT2D eigenvalue weighted by Gasteiger charge is -2.37. The first-order chi connectivity index (χ1) is 6.00. The Morgan fingerprint density at radius 3 is 2.92 bits per heavy atom. The summed E-state index contributed by atoms with van der Waals surface area (Å²) in [4.78, 5) is 0. The quantitative estimate of drug-likeness (QED) is 0.574. The Hall–Kier alpha value is -0.600. The molecular formula is C11H16O2. The molecule has 0 aromatic heterocycles. The summed E-state index contributed by atoms with van der Waals surface area (Å²) < 4.78 is 5.55. The first-order valence-corrected chi connectivity index (χ1v) is 4.70. The van der Waals surface area contributed by atoms with Crippen molar-refractivity contribution in [3.05, 3.63) is 24.3 Å². The van der Waals surface area contributed by atoms with Crippen LogP contribution in [-0.4, -0.2) is 23.4 Å². The second kappa shape index (κ2) is 2.69. The maximum Gasteiger partial charge on any atom is 0.0851 e. The van der Waals surface area contributed by atoms with Crippen LogP contribution < -0.4 is 0 Å². The summed E-state index contributed by atoms with van der Waals surface area (Å²) >= 11 is 0. The second-order valence-electron chi connectivity index (χ2n) is 4.40. The minimum absolute atomic E-state index is 0.160. The van der Waals surface area contributed by atoms with Crippen LogP contribution in [0.2, 0.25) is 0 Å². The van der Waals surface area contributed by atoms with Crippen molar-refractivity contribution in [2.75, 3.05) is 6.61 Å². The molecule has 1 aliphatic heterocycles. The Labute approximate surface area is 78.9 Å². The van der Waals surface area contributed by atoms with E-state index in [-0.39, 0.29) is 6.10 Å². The third-order valence-electron chi connectivity index (χ3n) is 3.28. The molecule has 2 rings (SSSR count). The molecule has 0 amide bonds. The van der Waals surface area contributed by atoms with E-state index in [0.717, 1.165) is 17.6 Å². The number of hydrogen-bond acceptors (Lipinski definition) is 2. The molecule has 2 heteroatoms. The summed E-state index contributed by atoms with van der Waals surface area (Å²) in [5, 5.41) is 9.97. The second-order valence-corrected chi connectivity index (χ2v) is 4.40. The van der Waals surface area contributed by atoms with Gasteiger partial charge in [0.2, 0.25) is 0 Å². The van der Waals surface area contributed by atoms with Crippen LogP contribution >= 0.6 is 0 Å². The van der Waals surface area contributed by atoms with E-state index in [4.69, 9.17) is 4.74 Å². The summed E-state index contributed by atoms with van der Waals surface area (Å²) in [6, 6.07) is 0. The van der Waals surface area contributed by atoms with Crippen LogP contribution in [0.25, 0.3) is 0 Å². The van der Waals surface area contributed by atoms with Gasteiger partial charge in [0.15, 0.2) is 0 Å². The van der Waals surface area contributed by atoms with Crippen LogP contribution in [0.3, 0.4) is 0 Å². The maximum absolute atomic E-state index is 9.97. The Bertz CT molecular complexity index is 265. The van der Waals surface area contributed by atoms with Crippen molar-refractivity contribution in [3.8, 4) is 0 Å². The highest BCUT2D eigenvalue weighted by Gasteiger charge is 2.43. The van der Waals surface area contributed by atoms with E-state index < -0.39 is 5.60 Å². The van der Waals surface area contributed by atoms with Crippen molar-refractivity contribution < 1.29 is 9.84 Å². The molecule has 2 aliphatic rings. The molecule has 2 fully saturated rings. The molecule has 1 N–H and O–H groups in total. The molecule has 1 saturated heterocycles. The van der Waals surface area contributed by atoms with Crippen LogP contribution in [-0.2, 0) is 4.74 Å². The minimum atomic E-state index is -0.744. The Morgan fingerprint density at radius 1 is 1.54 bits per heavy atom. The van der Waals surface area contributed by atoms with E-state index in [1.807, 2.05) is 6.92 Å². The fourth-order valence-corrected chi connectivity index (χ4v) is 2.20. The highest BCUT2D eigenvalue weighted by Crippen LogP contribution is 2.43. The van der Waals surface area contributed by atoms with Crippen LogP contribution in [0.4, 0.5) is 0 Å². The van der Waals surface area contributed by atoms with E-state index in [0.29, 0.717) is 18.9 Å². The average Bonchev–Trinajstić information content (AvgIpc) is 2.34. The summed E-state index contributed by atoms with van der Waals surface area (Å²) in [7, 11) is 0. The number of aliphatic hydroxyl groups is 1. The molecule has 1 aliphatic carbocycles. The normalized spacial score (nSPS) is 45.1. The SMILES string of the molecule is C=C1CO[C@@H]2C[C@@](C)(O)C(=C)C[C@H]12. The van der Waals surface area contributed by atoms with Crippen molar-refractivity contribution in [3.63, 3.8) is 0 Å². The number of hydrogen-bond donors (Lipinski definition) is 1. The molecule has 0 radical (unpaired) electrons. The third-order valence-corrected chi connectivity index (χ3v) is 3.28. The zero-order valence-corrected chi connectivity index (χ0v) is 8.05. The Morgan fingerprint density at radius 2 is 2.23 bits per heavy atom. The van der Waals surface area contributed by atoms with Gasteiger partial charge in [0.1, 0.15) is 0 Å². The monoisotopic (exact) mass is 180 g/mol. The minimum Gasteiger partial charge on any atom is -0.386 e. The molecule has 1 saturated carbocycles. The van der Waals surface area contributed by atoms with Crippen molar-refractivity contribution in [2.24, 2.45) is 5.92 Å². The largest absolute Gasteiger partial charge is 0.386 e. The highest BCUT2D eigenvalue weighted by molar-refractivity contribution is 5.24. The van der Waals surface area contributed by atoms with Gasteiger partial charge in [-0.05, 0) is 24.5 Å². The van der Waals surface area contributed by atoms with E-state index in [2.05, 4.69) is 13.2 Å². The van der Waals surface area contributed by atoms with E-state index >= 15 is 0 Å². The third kappa shape index (κ3) is 1.34. The van der Waals surface area contributed by atoms with Crippen LogP contribution in [0.15, 0.2) is 24.3 Å². The molecule has 1 heterocycles. The van der Waals surface area contributed by atoms with Gasteiger partial charge in [0.05, 0.1) is 18.3 Å². The molecule has 0 aromatic carbocycles. The lowest BCUT2D eigenvalue weighted by Crippen LogP contribution is -2.40. The van der Waals surface area contributed by atoms with Crippen molar-refractivity contribution in [2.45, 2.75) is 31.5 Å². The number of fused-ring (bicyclic) bond motifs is 1. The zero-order chi connectivity index (χ0) is 9.64. The van der Waals surface area contributed by atoms with Crippen LogP contribution in [0.1, 0.15) is 19.8 Å². The van der Waals surface area contributed by atoms with Crippen molar-refractivity contribution in [1.82, 2.24) is 0 Å². The Balaban J connectivity index is 2.20. The summed E-state index contributed by atoms with van der Waals surface area (Å²) in [5.41, 5.74) is 1.33. The standard InChI is InChI=1S/C11H16O2/c1-7-6-13-10-5-11(3,12)8(2)4-9(7)10/h9-10,12H,1-2,4-6H2,3H3/t9-,10-,11-/m1/s1. The molecule has 0 aromatic rings. The van der Waals surface area contributed by atoms with Gasteiger partial charge in [-0.2, -0.15) is 0 Å². The topological polar surface area (TPSA) is 29.5 Å². The summed E-state index contributed by atoms with van der Waals surface area (Å²) in [6.45, 7) is 10.4. The molecule has 0 bridgehead atoms. The van der Waals surface area contributed by atoms with Crippen molar-refractivity contribution in [1.29, 1.82) is 0 Å². The lowest BCUT2D eigenvalue weighted by molar-refractivity contribution is -0.0169. The van der Waals surface area contributed by atoms with Gasteiger partial charge in [-0.15, -0.1) is 0 Å². The predicted octanol–water partition coefficient (Wildman–Crippen LogP) is 1.66. The van der Waals surface area contributed by atoms with E-state index in [1.54, 1.807) is 0 Å². The number of ether oxygens (including phenoxy) is 1. The predicted molar refractivity (Wildman–Crippen MR) is 51.4 cm³/mol. The van der Waals surface area contributed by atoms with E-state index in [9.17, 15) is 5.11 Å². The average molecular weight is 180 g/mol. The molecule has 3 atom stereocenters. The van der Waals surface area contributed by atoms with E-state index in [1.165, 1.54) is 0 Å². The van der Waals surface area contributed by atoms with Gasteiger partial charge >= 0.3 is 0 Å². The van der Waals surface area contributed by atoms with Crippen LogP contribution in [0, 0.1) is 5.92 Å². The molecular weight excluding hydrogens is 164 g/mol. The summed E-state index contributed by atoms with van der Waals surface area (Å²) in [6.07, 6.45) is 1.65. The first-order valence-electron chi connectivity index (χ1n) is 4.70. The van der Waals surface area contributed by atoms with Crippen molar-refractivity contribution >= 4 is 0 Å². The van der Waals surface area contributed by atoms with Gasteiger partial charge in [-0.1, -0.05) is 13.2 Å². The number of rotatable bonds is 0. The highest BCUT2D eigenvalue weighted by atomic mass is 16.5. The molecule has 0 spiro atoms. The molecule has 0 unspecified atom stereocenters. The van der Waals surface area contributed by atoms with Gasteiger partial charge in [0.25, 0.3) is 0 Å². The van der Waals surface area contributed by atoms with Gasteiger partial charge in [-0.25, -0.2) is 0 Å². The fraction of sp³-hybridized carbons (Fsp3) is 0.636.